The van der Waals surface area contributed by atoms with Gasteiger partial charge in [-0.1, -0.05) is 18.5 Å². The van der Waals surface area contributed by atoms with Crippen molar-refractivity contribution in [3.05, 3.63) is 28.5 Å². The summed E-state index contributed by atoms with van der Waals surface area (Å²) in [7, 11) is 0. The molecule has 104 valence electrons. The van der Waals surface area contributed by atoms with Crippen LogP contribution >= 0.6 is 11.6 Å². The molecule has 4 nitrogen and oxygen atoms in total. The van der Waals surface area contributed by atoms with Crippen LogP contribution in [0.5, 0.6) is 0 Å². The molecule has 1 aliphatic carbocycles. The second-order valence-electron chi connectivity index (χ2n) is 5.18. The molecular formula is C14H19ClN2O2. The summed E-state index contributed by atoms with van der Waals surface area (Å²) in [4.78, 5) is 16.2. The number of nitrogens with one attached hydrogen (secondary N) is 1. The van der Waals surface area contributed by atoms with Crippen LogP contribution in [0.15, 0.2) is 12.1 Å². The van der Waals surface area contributed by atoms with E-state index in [4.69, 9.17) is 16.7 Å². The Morgan fingerprint density at radius 3 is 2.84 bits per heavy atom. The Bertz CT molecular complexity index is 473. The van der Waals surface area contributed by atoms with Gasteiger partial charge < -0.3 is 10.4 Å². The van der Waals surface area contributed by atoms with E-state index in [1.807, 2.05) is 6.92 Å². The molecule has 0 aliphatic heterocycles. The lowest BCUT2D eigenvalue weighted by Crippen LogP contribution is -2.30. The third-order valence-corrected chi connectivity index (χ3v) is 3.89. The molecular weight excluding hydrogens is 264 g/mol. The van der Waals surface area contributed by atoms with Gasteiger partial charge in [-0.2, -0.15) is 0 Å². The van der Waals surface area contributed by atoms with Gasteiger partial charge in [0.15, 0.2) is 0 Å². The first-order valence-corrected chi connectivity index (χ1v) is 7.02. The molecule has 19 heavy (non-hydrogen) atoms. The Labute approximate surface area is 118 Å². The SMILES string of the molecule is CCc1cc(C(=O)NCC2(CCO)CC2)cc(Cl)n1. The van der Waals surface area contributed by atoms with Gasteiger partial charge in [0.2, 0.25) is 0 Å². The van der Waals surface area contributed by atoms with Crippen molar-refractivity contribution in [2.75, 3.05) is 13.2 Å². The van der Waals surface area contributed by atoms with Crippen LogP contribution in [0.1, 0.15) is 42.2 Å². The van der Waals surface area contributed by atoms with Gasteiger partial charge in [-0.3, -0.25) is 4.79 Å². The van der Waals surface area contributed by atoms with Crippen molar-refractivity contribution in [1.82, 2.24) is 10.3 Å². The topological polar surface area (TPSA) is 62.2 Å². The number of carbonyl (C=O) groups is 1. The quantitative estimate of drug-likeness (QED) is 0.786. The Balaban J connectivity index is 1.98. The fourth-order valence-corrected chi connectivity index (χ4v) is 2.39. The maximum Gasteiger partial charge on any atom is 0.251 e. The predicted octanol–water partition coefficient (Wildman–Crippen LogP) is 2.19. The first-order valence-electron chi connectivity index (χ1n) is 6.64. The highest BCUT2D eigenvalue weighted by Crippen LogP contribution is 2.47. The third-order valence-electron chi connectivity index (χ3n) is 3.69. The van der Waals surface area contributed by atoms with Gasteiger partial charge in [0, 0.05) is 24.4 Å². The summed E-state index contributed by atoms with van der Waals surface area (Å²) in [5, 5.41) is 12.3. The number of amides is 1. The zero-order valence-electron chi connectivity index (χ0n) is 11.1. The van der Waals surface area contributed by atoms with E-state index in [9.17, 15) is 4.79 Å². The Morgan fingerprint density at radius 2 is 2.26 bits per heavy atom. The maximum atomic E-state index is 12.1. The number of hydrogen-bond donors (Lipinski definition) is 2. The molecule has 0 unspecified atom stereocenters. The molecule has 2 rings (SSSR count). The van der Waals surface area contributed by atoms with E-state index in [-0.39, 0.29) is 17.9 Å². The van der Waals surface area contributed by atoms with Crippen LogP contribution in [0, 0.1) is 5.41 Å². The van der Waals surface area contributed by atoms with Crippen LogP contribution in [-0.4, -0.2) is 29.1 Å². The highest BCUT2D eigenvalue weighted by molar-refractivity contribution is 6.29. The third kappa shape index (κ3) is 3.67. The summed E-state index contributed by atoms with van der Waals surface area (Å²) < 4.78 is 0. The summed E-state index contributed by atoms with van der Waals surface area (Å²) in [6.45, 7) is 2.77. The van der Waals surface area contributed by atoms with Crippen molar-refractivity contribution < 1.29 is 9.90 Å². The number of aryl methyl sites for hydroxylation is 1. The normalized spacial score (nSPS) is 16.2. The molecule has 5 heteroatoms. The summed E-state index contributed by atoms with van der Waals surface area (Å²) in [6, 6.07) is 3.36. The Hall–Kier alpha value is -1.13. The standard InChI is InChI=1S/C14H19ClN2O2/c1-2-11-7-10(8-12(15)17-11)13(19)16-9-14(3-4-14)5-6-18/h7-8,18H,2-6,9H2,1H3,(H,16,19). The minimum absolute atomic E-state index is 0.120. The van der Waals surface area contributed by atoms with Crippen LogP contribution in [0.3, 0.4) is 0 Å². The molecule has 1 amide bonds. The van der Waals surface area contributed by atoms with Crippen molar-refractivity contribution >= 4 is 17.5 Å². The van der Waals surface area contributed by atoms with Crippen molar-refractivity contribution in [2.24, 2.45) is 5.41 Å². The van der Waals surface area contributed by atoms with Gasteiger partial charge in [0.05, 0.1) is 0 Å². The first-order chi connectivity index (χ1) is 9.08. The number of carbonyl (C=O) groups excluding carboxylic acids is 1. The molecule has 1 aromatic rings. The Morgan fingerprint density at radius 1 is 1.53 bits per heavy atom. The summed E-state index contributed by atoms with van der Waals surface area (Å²) in [5.74, 6) is -0.122. The monoisotopic (exact) mass is 282 g/mol. The largest absolute Gasteiger partial charge is 0.396 e. The summed E-state index contributed by atoms with van der Waals surface area (Å²) in [5.41, 5.74) is 1.49. The molecule has 1 aromatic heterocycles. The fourth-order valence-electron chi connectivity index (χ4n) is 2.16. The minimum atomic E-state index is -0.122. The van der Waals surface area contributed by atoms with Crippen LogP contribution in [-0.2, 0) is 6.42 Å². The number of rotatable bonds is 6. The summed E-state index contributed by atoms with van der Waals surface area (Å²) >= 11 is 5.90. The van der Waals surface area contributed by atoms with Gasteiger partial charge in [0.1, 0.15) is 5.15 Å². The average Bonchev–Trinajstić information content (AvgIpc) is 3.16. The highest BCUT2D eigenvalue weighted by atomic mass is 35.5. The van der Waals surface area contributed by atoms with E-state index in [2.05, 4.69) is 10.3 Å². The van der Waals surface area contributed by atoms with Gasteiger partial charge >= 0.3 is 0 Å². The van der Waals surface area contributed by atoms with E-state index in [1.54, 1.807) is 12.1 Å². The van der Waals surface area contributed by atoms with E-state index >= 15 is 0 Å². The molecule has 0 bridgehead atoms. The smallest absolute Gasteiger partial charge is 0.251 e. The van der Waals surface area contributed by atoms with Crippen LogP contribution in [0.4, 0.5) is 0 Å². The molecule has 1 fully saturated rings. The molecule has 0 aromatic carbocycles. The number of aromatic nitrogens is 1. The molecule has 1 aliphatic rings. The zero-order valence-corrected chi connectivity index (χ0v) is 11.8. The number of aliphatic hydroxyl groups excluding tert-OH is 1. The van der Waals surface area contributed by atoms with E-state index in [0.29, 0.717) is 17.3 Å². The van der Waals surface area contributed by atoms with Crippen molar-refractivity contribution in [1.29, 1.82) is 0 Å². The summed E-state index contributed by atoms with van der Waals surface area (Å²) in [6.07, 6.45) is 3.65. The molecule has 0 saturated heterocycles. The lowest BCUT2D eigenvalue weighted by Gasteiger charge is -2.14. The second-order valence-corrected chi connectivity index (χ2v) is 5.57. The van der Waals surface area contributed by atoms with Gasteiger partial charge in [-0.25, -0.2) is 4.98 Å². The van der Waals surface area contributed by atoms with Crippen molar-refractivity contribution in [2.45, 2.75) is 32.6 Å². The van der Waals surface area contributed by atoms with Crippen molar-refractivity contribution in [3.8, 4) is 0 Å². The zero-order chi connectivity index (χ0) is 13.9. The maximum absolute atomic E-state index is 12.1. The Kier molecular flexibility index (Phi) is 4.42. The van der Waals surface area contributed by atoms with Gasteiger partial charge in [-0.15, -0.1) is 0 Å². The molecule has 0 radical (unpaired) electrons. The number of nitrogens with zero attached hydrogens (tertiary/aromatic N) is 1. The van der Waals surface area contributed by atoms with Crippen LogP contribution < -0.4 is 5.32 Å². The predicted molar refractivity (Wildman–Crippen MR) is 74.3 cm³/mol. The van der Waals surface area contributed by atoms with Crippen molar-refractivity contribution in [3.63, 3.8) is 0 Å². The van der Waals surface area contributed by atoms with Crippen LogP contribution in [0.25, 0.3) is 0 Å². The first kappa shape index (κ1) is 14.3. The highest BCUT2D eigenvalue weighted by Gasteiger charge is 2.41. The lowest BCUT2D eigenvalue weighted by molar-refractivity contribution is 0.0940. The van der Waals surface area contributed by atoms with Gasteiger partial charge in [-0.05, 0) is 43.2 Å². The molecule has 0 atom stereocenters. The number of halogens is 1. The van der Waals surface area contributed by atoms with E-state index in [0.717, 1.165) is 31.4 Å². The lowest BCUT2D eigenvalue weighted by atomic mass is 10.0. The number of aliphatic hydroxyl groups is 1. The minimum Gasteiger partial charge on any atom is -0.396 e. The van der Waals surface area contributed by atoms with Crippen LogP contribution in [0.2, 0.25) is 5.15 Å². The molecule has 0 spiro atoms. The second kappa shape index (κ2) is 5.88. The van der Waals surface area contributed by atoms with Gasteiger partial charge in [0.25, 0.3) is 5.91 Å². The molecule has 2 N–H and O–H groups in total. The fraction of sp³-hybridized carbons (Fsp3) is 0.571. The molecule has 1 saturated carbocycles. The number of pyridine rings is 1. The van der Waals surface area contributed by atoms with E-state index < -0.39 is 0 Å². The number of hydrogen-bond acceptors (Lipinski definition) is 3. The molecule has 1 heterocycles. The average molecular weight is 283 g/mol. The van der Waals surface area contributed by atoms with E-state index in [1.165, 1.54) is 0 Å².